The maximum Gasteiger partial charge on any atom is 0.338 e. The third-order valence-electron chi connectivity index (χ3n) is 6.48. The molecule has 12 heteroatoms. The van der Waals surface area contributed by atoms with Crippen molar-refractivity contribution in [1.29, 1.82) is 0 Å². The summed E-state index contributed by atoms with van der Waals surface area (Å²) in [5, 5.41) is 6.93. The van der Waals surface area contributed by atoms with Gasteiger partial charge in [0.2, 0.25) is 5.95 Å². The summed E-state index contributed by atoms with van der Waals surface area (Å²) in [7, 11) is 0. The lowest BCUT2D eigenvalue weighted by atomic mass is 9.92. The molecule has 3 aromatic rings. The number of hydrogen-bond donors (Lipinski definition) is 3. The van der Waals surface area contributed by atoms with Crippen molar-refractivity contribution in [3.63, 3.8) is 0 Å². The smallest absolute Gasteiger partial charge is 0.338 e. The quantitative estimate of drug-likeness (QED) is 0.349. The zero-order chi connectivity index (χ0) is 23.5. The first-order valence-electron chi connectivity index (χ1n) is 12.0. The Labute approximate surface area is 227 Å². The van der Waals surface area contributed by atoms with Crippen LogP contribution in [0.15, 0.2) is 30.6 Å². The molecule has 2 aliphatic rings. The van der Waals surface area contributed by atoms with Gasteiger partial charge in [-0.3, -0.25) is 0 Å². The molecule has 0 spiro atoms. The number of nitrogens with one attached hydrogen (secondary N) is 2. The number of halogens is 2. The number of thioether (sulfide) groups is 1. The fraction of sp³-hybridized carbons (Fsp3) is 0.500. The number of carbonyl (C=O) groups is 1. The van der Waals surface area contributed by atoms with Crippen LogP contribution >= 0.6 is 36.6 Å². The van der Waals surface area contributed by atoms with Gasteiger partial charge in [0.05, 0.1) is 18.5 Å². The number of nitrogens with two attached hydrogens (primary N) is 1. The molecule has 1 saturated carbocycles. The highest BCUT2D eigenvalue weighted by Crippen LogP contribution is 2.33. The fourth-order valence-electron chi connectivity index (χ4n) is 4.56. The first kappa shape index (κ1) is 28.3. The number of anilines is 3. The van der Waals surface area contributed by atoms with Gasteiger partial charge in [0, 0.05) is 29.6 Å². The van der Waals surface area contributed by atoms with Gasteiger partial charge >= 0.3 is 5.97 Å². The lowest BCUT2D eigenvalue weighted by molar-refractivity contribution is 0.0526. The van der Waals surface area contributed by atoms with E-state index in [1.807, 2.05) is 30.2 Å². The molecule has 3 heterocycles. The number of ether oxygens (including phenoxy) is 1. The van der Waals surface area contributed by atoms with Crippen molar-refractivity contribution in [3.05, 3.63) is 36.2 Å². The second kappa shape index (κ2) is 12.8. The van der Waals surface area contributed by atoms with Crippen LogP contribution in [0.3, 0.4) is 0 Å². The molecule has 196 valence electrons. The first-order valence-corrected chi connectivity index (χ1v) is 13.1. The molecule has 1 saturated heterocycles. The summed E-state index contributed by atoms with van der Waals surface area (Å²) in [4.78, 5) is 26.3. The lowest BCUT2D eigenvalue weighted by Gasteiger charge is -2.27. The Morgan fingerprint density at radius 2 is 1.89 bits per heavy atom. The van der Waals surface area contributed by atoms with Gasteiger partial charge in [-0.15, -0.1) is 24.8 Å². The number of carbonyl (C=O) groups excluding carboxylic acids is 1. The summed E-state index contributed by atoms with van der Waals surface area (Å²) < 4.78 is 7.27. The molecule has 1 aliphatic carbocycles. The number of hydrogen-bond acceptors (Lipinski definition) is 9. The van der Waals surface area contributed by atoms with Gasteiger partial charge < -0.3 is 25.7 Å². The molecule has 0 bridgehead atoms. The van der Waals surface area contributed by atoms with E-state index in [1.54, 1.807) is 19.1 Å². The predicted octanol–water partition coefficient (Wildman–Crippen LogP) is 4.95. The predicted molar refractivity (Wildman–Crippen MR) is 150 cm³/mol. The zero-order valence-corrected chi connectivity index (χ0v) is 22.6. The maximum atomic E-state index is 12.0. The highest BCUT2D eigenvalue weighted by atomic mass is 35.5. The average molecular weight is 555 g/mol. The summed E-state index contributed by atoms with van der Waals surface area (Å²) in [5.41, 5.74) is 8.99. The van der Waals surface area contributed by atoms with E-state index in [4.69, 9.17) is 20.4 Å². The minimum atomic E-state index is -0.328. The molecule has 0 amide bonds. The van der Waals surface area contributed by atoms with Gasteiger partial charge in [0.15, 0.2) is 17.0 Å². The van der Waals surface area contributed by atoms with E-state index >= 15 is 0 Å². The van der Waals surface area contributed by atoms with Crippen molar-refractivity contribution in [3.8, 4) is 0 Å². The Hall–Kier alpha value is -2.27. The van der Waals surface area contributed by atoms with E-state index in [9.17, 15) is 4.79 Å². The van der Waals surface area contributed by atoms with E-state index in [0.717, 1.165) is 60.5 Å². The topological polar surface area (TPSA) is 120 Å². The fourth-order valence-corrected chi connectivity index (χ4v) is 5.77. The normalized spacial score (nSPS) is 21.3. The summed E-state index contributed by atoms with van der Waals surface area (Å²) in [6, 6.07) is 8.18. The summed E-state index contributed by atoms with van der Waals surface area (Å²) in [5.74, 6) is 3.14. The summed E-state index contributed by atoms with van der Waals surface area (Å²) in [6.45, 7) is 2.15. The van der Waals surface area contributed by atoms with Crippen LogP contribution in [0.25, 0.3) is 11.2 Å². The lowest BCUT2D eigenvalue weighted by Crippen LogP contribution is -2.33. The van der Waals surface area contributed by atoms with Gasteiger partial charge in [0.25, 0.3) is 0 Å². The molecule has 2 fully saturated rings. The maximum absolute atomic E-state index is 12.0. The van der Waals surface area contributed by atoms with Crippen LogP contribution in [-0.2, 0) is 4.74 Å². The van der Waals surface area contributed by atoms with Gasteiger partial charge in [-0.05, 0) is 69.0 Å². The van der Waals surface area contributed by atoms with E-state index in [1.165, 1.54) is 0 Å². The molecule has 36 heavy (non-hydrogen) atoms. The van der Waals surface area contributed by atoms with Crippen molar-refractivity contribution in [2.75, 3.05) is 28.7 Å². The Bertz CT molecular complexity index is 1150. The standard InChI is InChI=1S/C24H31N7O2S.2ClH/c1-2-33-23(32)15-3-7-17(8-4-15)27-21-20-22(31(14-26-20)19-11-12-34-13-19)30-24(29-21)28-18-9-5-16(25)6-10-18;;/h3-4,7-8,14,16,18-19H,2,5-6,9-13,25H2,1H3,(H2,27,28,29,30);2*1H/t16-,18-,19?;;. The van der Waals surface area contributed by atoms with Crippen LogP contribution in [0.4, 0.5) is 17.5 Å². The highest BCUT2D eigenvalue weighted by molar-refractivity contribution is 7.99. The van der Waals surface area contributed by atoms with Gasteiger partial charge in [-0.2, -0.15) is 21.7 Å². The van der Waals surface area contributed by atoms with E-state index in [2.05, 4.69) is 20.2 Å². The molecular weight excluding hydrogens is 521 g/mol. The highest BCUT2D eigenvalue weighted by Gasteiger charge is 2.24. The largest absolute Gasteiger partial charge is 0.462 e. The number of benzene rings is 1. The SMILES string of the molecule is CCOC(=O)c1ccc(Nc2nc(N[C@H]3CC[C@H](N)CC3)nc3c2ncn3C2CCSC2)cc1.Cl.Cl. The summed E-state index contributed by atoms with van der Waals surface area (Å²) >= 11 is 1.96. The Balaban J connectivity index is 0.00000180. The molecular formula is C24H33Cl2N7O2S. The zero-order valence-electron chi connectivity index (χ0n) is 20.2. The van der Waals surface area contributed by atoms with E-state index < -0.39 is 0 Å². The van der Waals surface area contributed by atoms with Crippen molar-refractivity contribution in [1.82, 2.24) is 19.5 Å². The Morgan fingerprint density at radius 1 is 1.14 bits per heavy atom. The number of fused-ring (bicyclic) bond motifs is 1. The third-order valence-corrected chi connectivity index (χ3v) is 7.63. The number of rotatable bonds is 7. The average Bonchev–Trinajstić information content (AvgIpc) is 3.51. The van der Waals surface area contributed by atoms with Crippen molar-refractivity contribution in [2.45, 2.75) is 57.2 Å². The van der Waals surface area contributed by atoms with Crippen molar-refractivity contribution < 1.29 is 9.53 Å². The molecule has 0 radical (unpaired) electrons. The molecule has 1 aliphatic heterocycles. The van der Waals surface area contributed by atoms with Crippen molar-refractivity contribution in [2.24, 2.45) is 5.73 Å². The molecule has 1 atom stereocenters. The second-order valence-corrected chi connectivity index (χ2v) is 10.1. The van der Waals surface area contributed by atoms with Crippen LogP contribution in [0.1, 0.15) is 55.4 Å². The minimum absolute atomic E-state index is 0. The number of nitrogens with zero attached hydrogens (tertiary/aromatic N) is 4. The molecule has 1 aromatic carbocycles. The van der Waals surface area contributed by atoms with Gasteiger partial charge in [-0.1, -0.05) is 0 Å². The van der Waals surface area contributed by atoms with E-state index in [-0.39, 0.29) is 36.8 Å². The van der Waals surface area contributed by atoms with Crippen LogP contribution in [0.5, 0.6) is 0 Å². The van der Waals surface area contributed by atoms with Gasteiger partial charge in [0.1, 0.15) is 0 Å². The van der Waals surface area contributed by atoms with Crippen LogP contribution in [-0.4, -0.2) is 55.7 Å². The van der Waals surface area contributed by atoms with E-state index in [0.29, 0.717) is 36.0 Å². The molecule has 9 nitrogen and oxygen atoms in total. The number of esters is 1. The molecule has 5 rings (SSSR count). The molecule has 2 aromatic heterocycles. The number of aromatic nitrogens is 4. The van der Waals surface area contributed by atoms with Crippen molar-refractivity contribution >= 4 is 71.2 Å². The van der Waals surface area contributed by atoms with Crippen LogP contribution in [0, 0.1) is 0 Å². The number of imidazole rings is 1. The van der Waals surface area contributed by atoms with Crippen LogP contribution < -0.4 is 16.4 Å². The minimum Gasteiger partial charge on any atom is -0.462 e. The van der Waals surface area contributed by atoms with Gasteiger partial charge in [-0.25, -0.2) is 9.78 Å². The second-order valence-electron chi connectivity index (χ2n) is 8.92. The first-order chi connectivity index (χ1) is 16.6. The monoisotopic (exact) mass is 553 g/mol. The molecule has 4 N–H and O–H groups in total. The van der Waals surface area contributed by atoms with Crippen LogP contribution in [0.2, 0.25) is 0 Å². The Morgan fingerprint density at radius 3 is 2.56 bits per heavy atom. The molecule has 1 unspecified atom stereocenters. The summed E-state index contributed by atoms with van der Waals surface area (Å²) in [6.07, 6.45) is 7.04. The third kappa shape index (κ3) is 6.34. The Kier molecular flexibility index (Phi) is 10.1.